The molecule has 0 N–H and O–H groups in total. The highest BCUT2D eigenvalue weighted by Gasteiger charge is 2.57. The lowest BCUT2D eigenvalue weighted by molar-refractivity contribution is -0.136. The SMILES string of the molecule is CCCCCC1(O[SiH](C)OC)SC(=O)C(=O)C1N(CC)CC. The van der Waals surface area contributed by atoms with Crippen LogP contribution in [-0.4, -0.2) is 56.3 Å². The molecule has 0 radical (unpaired) electrons. The number of hydrogen-bond acceptors (Lipinski definition) is 6. The summed E-state index contributed by atoms with van der Waals surface area (Å²) < 4.78 is 11.6. The Labute approximate surface area is 140 Å². The van der Waals surface area contributed by atoms with Gasteiger partial charge in [0.25, 0.3) is 5.12 Å². The van der Waals surface area contributed by atoms with Gasteiger partial charge in [-0.1, -0.05) is 33.6 Å². The van der Waals surface area contributed by atoms with Crippen LogP contribution >= 0.6 is 11.8 Å². The lowest BCUT2D eigenvalue weighted by Crippen LogP contribution is -2.54. The standard InChI is InChI=1S/C15H29NO4SSi/c1-6-9-10-11-15(20-22(5)19-4)13(16(7-2)8-3)12(17)14(18)21-15/h13,22H,6-11H2,1-5H3. The summed E-state index contributed by atoms with van der Waals surface area (Å²) in [5.74, 6) is -0.317. The van der Waals surface area contributed by atoms with Crippen LogP contribution in [0.25, 0.3) is 0 Å². The van der Waals surface area contributed by atoms with E-state index < -0.39 is 20.3 Å². The zero-order valence-corrected chi connectivity index (χ0v) is 16.4. The normalized spacial score (nSPS) is 26.9. The van der Waals surface area contributed by atoms with Gasteiger partial charge < -0.3 is 8.85 Å². The van der Waals surface area contributed by atoms with Crippen LogP contribution in [0.15, 0.2) is 0 Å². The Kier molecular flexibility index (Phi) is 8.27. The minimum atomic E-state index is -1.86. The summed E-state index contributed by atoms with van der Waals surface area (Å²) in [6.45, 7) is 9.55. The number of rotatable bonds is 10. The second-order valence-corrected chi connectivity index (χ2v) is 8.68. The minimum Gasteiger partial charge on any atom is -0.400 e. The van der Waals surface area contributed by atoms with Gasteiger partial charge in [-0.25, -0.2) is 0 Å². The predicted molar refractivity (Wildman–Crippen MR) is 92.3 cm³/mol. The second-order valence-electron chi connectivity index (χ2n) is 5.57. The van der Waals surface area contributed by atoms with Gasteiger partial charge in [0.1, 0.15) is 11.0 Å². The number of thioether (sulfide) groups is 1. The van der Waals surface area contributed by atoms with Gasteiger partial charge in [-0.2, -0.15) is 0 Å². The Bertz CT molecular complexity index is 392. The molecular weight excluding hydrogens is 318 g/mol. The molecule has 3 atom stereocenters. The maximum absolute atomic E-state index is 12.5. The van der Waals surface area contributed by atoms with E-state index >= 15 is 0 Å². The molecule has 0 aromatic rings. The first-order valence-electron chi connectivity index (χ1n) is 8.17. The van der Waals surface area contributed by atoms with Crippen LogP contribution in [0.3, 0.4) is 0 Å². The molecule has 0 spiro atoms. The van der Waals surface area contributed by atoms with E-state index in [-0.39, 0.29) is 10.9 Å². The van der Waals surface area contributed by atoms with Gasteiger partial charge in [-0.15, -0.1) is 0 Å². The van der Waals surface area contributed by atoms with E-state index in [9.17, 15) is 9.59 Å². The Hall–Kier alpha value is -0.213. The second kappa shape index (κ2) is 9.17. The summed E-state index contributed by atoms with van der Waals surface area (Å²) in [4.78, 5) is 25.9. The van der Waals surface area contributed by atoms with Crippen LogP contribution in [0.2, 0.25) is 6.55 Å². The summed E-state index contributed by atoms with van der Waals surface area (Å²) >= 11 is 1.08. The fourth-order valence-electron chi connectivity index (χ4n) is 2.89. The third kappa shape index (κ3) is 4.41. The first-order valence-corrected chi connectivity index (χ1v) is 11.1. The van der Waals surface area contributed by atoms with Gasteiger partial charge in [0.05, 0.1) is 0 Å². The number of hydrogen-bond donors (Lipinski definition) is 0. The van der Waals surface area contributed by atoms with Crippen LogP contribution < -0.4 is 0 Å². The third-order valence-electron chi connectivity index (χ3n) is 4.14. The number of unbranched alkanes of at least 4 members (excludes halogenated alkanes) is 2. The molecule has 0 amide bonds. The van der Waals surface area contributed by atoms with Crippen molar-refractivity contribution >= 4 is 31.9 Å². The van der Waals surface area contributed by atoms with Crippen LogP contribution in [0, 0.1) is 0 Å². The summed E-state index contributed by atoms with van der Waals surface area (Å²) in [6, 6.07) is -0.484. The predicted octanol–water partition coefficient (Wildman–Crippen LogP) is 2.33. The van der Waals surface area contributed by atoms with Crippen molar-refractivity contribution in [3.8, 4) is 0 Å². The highest BCUT2D eigenvalue weighted by Crippen LogP contribution is 2.45. The highest BCUT2D eigenvalue weighted by molar-refractivity contribution is 8.17. The van der Waals surface area contributed by atoms with Gasteiger partial charge in [-0.05, 0) is 44.2 Å². The van der Waals surface area contributed by atoms with Crippen LogP contribution in [0.4, 0.5) is 0 Å². The molecule has 5 nitrogen and oxygen atoms in total. The number of nitrogens with zero attached hydrogens (tertiary/aromatic N) is 1. The fraction of sp³-hybridized carbons (Fsp3) is 0.867. The molecule has 1 aliphatic heterocycles. The Morgan fingerprint density at radius 3 is 2.36 bits per heavy atom. The molecule has 1 rings (SSSR count). The molecule has 0 aliphatic carbocycles. The van der Waals surface area contributed by atoms with Crippen molar-refractivity contribution in [1.82, 2.24) is 4.90 Å². The van der Waals surface area contributed by atoms with Gasteiger partial charge in [-0.3, -0.25) is 14.5 Å². The van der Waals surface area contributed by atoms with Gasteiger partial charge in [0.15, 0.2) is 0 Å². The van der Waals surface area contributed by atoms with Crippen LogP contribution in [0.1, 0.15) is 46.5 Å². The summed E-state index contributed by atoms with van der Waals surface area (Å²) in [5, 5.41) is -0.370. The lowest BCUT2D eigenvalue weighted by Gasteiger charge is -2.40. The maximum atomic E-state index is 12.5. The molecule has 7 heteroatoms. The molecule has 128 valence electrons. The summed E-state index contributed by atoms with van der Waals surface area (Å²) in [6.07, 6.45) is 3.83. The van der Waals surface area contributed by atoms with Gasteiger partial charge in [0.2, 0.25) is 5.78 Å². The van der Waals surface area contributed by atoms with Crippen molar-refractivity contribution in [2.45, 2.75) is 64.0 Å². The molecule has 0 saturated carbocycles. The largest absolute Gasteiger partial charge is 0.400 e. The molecule has 0 aromatic carbocycles. The van der Waals surface area contributed by atoms with Crippen molar-refractivity contribution < 1.29 is 18.4 Å². The lowest BCUT2D eigenvalue weighted by atomic mass is 9.99. The number of carbonyl (C=O) groups excluding carboxylic acids is 2. The number of Topliss-reactive ketones (excluding diaryl/α,β-unsaturated/α-hetero) is 1. The van der Waals surface area contributed by atoms with E-state index in [1.807, 2.05) is 25.3 Å². The Morgan fingerprint density at radius 2 is 1.86 bits per heavy atom. The molecule has 0 aromatic heterocycles. The van der Waals surface area contributed by atoms with Crippen molar-refractivity contribution in [3.05, 3.63) is 0 Å². The van der Waals surface area contributed by atoms with E-state index in [2.05, 4.69) is 6.92 Å². The molecule has 1 heterocycles. The first kappa shape index (κ1) is 19.8. The third-order valence-corrected chi connectivity index (χ3v) is 6.98. The highest BCUT2D eigenvalue weighted by atomic mass is 32.2. The number of ketones is 1. The Balaban J connectivity index is 3.11. The maximum Gasteiger partial charge on any atom is 0.319 e. The fourth-order valence-corrected chi connectivity index (χ4v) is 5.54. The summed E-state index contributed by atoms with van der Waals surface area (Å²) in [5.41, 5.74) is 0. The average Bonchev–Trinajstić information content (AvgIpc) is 2.73. The van der Waals surface area contributed by atoms with Crippen molar-refractivity contribution in [1.29, 1.82) is 0 Å². The topological polar surface area (TPSA) is 55.8 Å². The molecule has 1 aliphatic rings. The van der Waals surface area contributed by atoms with Crippen molar-refractivity contribution in [2.24, 2.45) is 0 Å². The van der Waals surface area contributed by atoms with Crippen molar-refractivity contribution in [2.75, 3.05) is 20.2 Å². The van der Waals surface area contributed by atoms with E-state index in [4.69, 9.17) is 8.85 Å². The van der Waals surface area contributed by atoms with Crippen LogP contribution in [-0.2, 0) is 18.4 Å². The number of carbonyl (C=O) groups is 2. The Morgan fingerprint density at radius 1 is 1.23 bits per heavy atom. The monoisotopic (exact) mass is 347 g/mol. The molecule has 3 unspecified atom stereocenters. The molecular formula is C15H29NO4SSi. The van der Waals surface area contributed by atoms with Gasteiger partial charge in [0, 0.05) is 7.11 Å². The molecule has 1 fully saturated rings. The van der Waals surface area contributed by atoms with E-state index in [0.717, 1.165) is 44.1 Å². The smallest absolute Gasteiger partial charge is 0.319 e. The average molecular weight is 348 g/mol. The first-order chi connectivity index (χ1) is 10.5. The quantitative estimate of drug-likeness (QED) is 0.343. The van der Waals surface area contributed by atoms with E-state index in [1.54, 1.807) is 7.11 Å². The molecule has 22 heavy (non-hydrogen) atoms. The number of likely N-dealkylation sites (N-methyl/N-ethyl adjacent to an activating group) is 1. The summed E-state index contributed by atoms with van der Waals surface area (Å²) in [7, 11) is -0.230. The zero-order chi connectivity index (χ0) is 16.8. The zero-order valence-electron chi connectivity index (χ0n) is 14.4. The van der Waals surface area contributed by atoms with Gasteiger partial charge >= 0.3 is 9.28 Å². The van der Waals surface area contributed by atoms with E-state index in [0.29, 0.717) is 6.42 Å². The molecule has 0 bridgehead atoms. The van der Waals surface area contributed by atoms with E-state index in [1.165, 1.54) is 0 Å². The van der Waals surface area contributed by atoms with Crippen LogP contribution in [0.5, 0.6) is 0 Å². The van der Waals surface area contributed by atoms with Crippen molar-refractivity contribution in [3.63, 3.8) is 0 Å². The minimum absolute atomic E-state index is 0.317. The molecule has 1 saturated heterocycles.